The van der Waals surface area contributed by atoms with Crippen molar-refractivity contribution in [3.63, 3.8) is 0 Å². The fraction of sp³-hybridized carbons (Fsp3) is 0.556. The third-order valence-corrected chi connectivity index (χ3v) is 4.67. The summed E-state index contributed by atoms with van der Waals surface area (Å²) >= 11 is 0. The van der Waals surface area contributed by atoms with Gasteiger partial charge in [0.25, 0.3) is 0 Å². The molecular weight excluding hydrogens is 290 g/mol. The Bertz CT molecular complexity index is 585. The molecule has 2 amide bonds. The number of benzene rings is 1. The van der Waals surface area contributed by atoms with Crippen LogP contribution >= 0.6 is 0 Å². The molecule has 2 aliphatic heterocycles. The first-order valence-electron chi connectivity index (χ1n) is 8.61. The second-order valence-corrected chi connectivity index (χ2v) is 6.31. The molecule has 1 aromatic rings. The van der Waals surface area contributed by atoms with Crippen LogP contribution in [0.2, 0.25) is 0 Å². The van der Waals surface area contributed by atoms with Gasteiger partial charge in [-0.05, 0) is 30.9 Å². The maximum Gasteiger partial charge on any atom is 0.240 e. The van der Waals surface area contributed by atoms with Crippen molar-refractivity contribution in [2.24, 2.45) is 0 Å². The molecule has 0 radical (unpaired) electrons. The van der Waals surface area contributed by atoms with E-state index in [2.05, 4.69) is 18.3 Å². The number of para-hydroxylation sites is 1. The van der Waals surface area contributed by atoms with Gasteiger partial charge in [-0.3, -0.25) is 9.59 Å². The van der Waals surface area contributed by atoms with Crippen LogP contribution in [0.3, 0.4) is 0 Å². The lowest BCUT2D eigenvalue weighted by molar-refractivity contribution is -0.137. The van der Waals surface area contributed by atoms with Crippen LogP contribution in [0, 0.1) is 0 Å². The number of carbonyl (C=O) groups excluding carboxylic acids is 2. The van der Waals surface area contributed by atoms with Crippen molar-refractivity contribution in [1.29, 1.82) is 0 Å². The molecule has 1 saturated heterocycles. The molecule has 124 valence electrons. The number of aryl methyl sites for hydroxylation is 1. The topological polar surface area (TPSA) is 52.7 Å². The Morgan fingerprint density at radius 2 is 2.13 bits per heavy atom. The maximum atomic E-state index is 12.8. The summed E-state index contributed by atoms with van der Waals surface area (Å²) in [7, 11) is 0. The van der Waals surface area contributed by atoms with E-state index in [0.29, 0.717) is 0 Å². The van der Waals surface area contributed by atoms with Gasteiger partial charge >= 0.3 is 0 Å². The quantitative estimate of drug-likeness (QED) is 0.917. The summed E-state index contributed by atoms with van der Waals surface area (Å²) in [4.78, 5) is 29.0. The van der Waals surface area contributed by atoms with E-state index in [1.54, 1.807) is 0 Å². The highest BCUT2D eigenvalue weighted by atomic mass is 16.2. The highest BCUT2D eigenvalue weighted by Gasteiger charge is 2.32. The molecule has 1 atom stereocenters. The van der Waals surface area contributed by atoms with Crippen LogP contribution in [-0.2, 0) is 16.0 Å². The number of hydrogen-bond acceptors (Lipinski definition) is 3. The van der Waals surface area contributed by atoms with E-state index in [-0.39, 0.29) is 24.3 Å². The van der Waals surface area contributed by atoms with Crippen molar-refractivity contribution in [3.05, 3.63) is 29.8 Å². The van der Waals surface area contributed by atoms with Crippen molar-refractivity contribution in [2.45, 2.75) is 38.6 Å². The number of carbonyl (C=O) groups is 2. The van der Waals surface area contributed by atoms with E-state index in [9.17, 15) is 9.59 Å². The van der Waals surface area contributed by atoms with Crippen LogP contribution in [0.25, 0.3) is 0 Å². The van der Waals surface area contributed by atoms with E-state index in [4.69, 9.17) is 0 Å². The Kier molecular flexibility index (Phi) is 4.96. The first-order chi connectivity index (χ1) is 11.2. The third kappa shape index (κ3) is 3.39. The van der Waals surface area contributed by atoms with Crippen molar-refractivity contribution in [3.8, 4) is 0 Å². The molecule has 5 nitrogen and oxygen atoms in total. The zero-order valence-electron chi connectivity index (χ0n) is 13.8. The van der Waals surface area contributed by atoms with Crippen LogP contribution in [0.5, 0.6) is 0 Å². The SMILES string of the molecule is CCCN1CCNC(CC(=O)N2CCCc3ccccc32)C1=O. The van der Waals surface area contributed by atoms with Gasteiger partial charge in [0.15, 0.2) is 0 Å². The molecule has 0 spiro atoms. The fourth-order valence-corrected chi connectivity index (χ4v) is 3.52. The molecule has 1 N–H and O–H groups in total. The maximum absolute atomic E-state index is 12.8. The molecule has 0 aromatic heterocycles. The molecule has 2 aliphatic rings. The number of hydrogen-bond donors (Lipinski definition) is 1. The van der Waals surface area contributed by atoms with Crippen LogP contribution in [0.4, 0.5) is 5.69 Å². The summed E-state index contributed by atoms with van der Waals surface area (Å²) in [5, 5.41) is 3.21. The molecule has 3 rings (SSSR count). The smallest absolute Gasteiger partial charge is 0.240 e. The monoisotopic (exact) mass is 315 g/mol. The molecule has 0 aliphatic carbocycles. The van der Waals surface area contributed by atoms with Crippen LogP contribution < -0.4 is 10.2 Å². The van der Waals surface area contributed by atoms with Crippen molar-refractivity contribution < 1.29 is 9.59 Å². The van der Waals surface area contributed by atoms with Gasteiger partial charge in [-0.25, -0.2) is 0 Å². The number of piperazine rings is 1. The molecule has 0 saturated carbocycles. The lowest BCUT2D eigenvalue weighted by atomic mass is 10.0. The van der Waals surface area contributed by atoms with E-state index in [1.165, 1.54) is 5.56 Å². The van der Waals surface area contributed by atoms with Crippen LogP contribution in [0.15, 0.2) is 24.3 Å². The number of nitrogens with zero attached hydrogens (tertiary/aromatic N) is 2. The lowest BCUT2D eigenvalue weighted by Gasteiger charge is -2.35. The summed E-state index contributed by atoms with van der Waals surface area (Å²) in [5.41, 5.74) is 2.24. The van der Waals surface area contributed by atoms with Gasteiger partial charge in [-0.2, -0.15) is 0 Å². The van der Waals surface area contributed by atoms with Crippen LogP contribution in [-0.4, -0.2) is 48.9 Å². The number of nitrogens with one attached hydrogen (secondary N) is 1. The van der Waals surface area contributed by atoms with Crippen LogP contribution in [0.1, 0.15) is 31.7 Å². The molecule has 23 heavy (non-hydrogen) atoms. The van der Waals surface area contributed by atoms with Gasteiger partial charge < -0.3 is 15.1 Å². The van der Waals surface area contributed by atoms with Gasteiger partial charge in [-0.15, -0.1) is 0 Å². The standard InChI is InChI=1S/C18H25N3O2/c1-2-10-20-12-9-19-15(18(20)23)13-17(22)21-11-5-7-14-6-3-4-8-16(14)21/h3-4,6,8,15,19H,2,5,7,9-13H2,1H3. The molecule has 1 fully saturated rings. The Morgan fingerprint density at radius 3 is 2.96 bits per heavy atom. The predicted molar refractivity (Wildman–Crippen MR) is 90.4 cm³/mol. The second kappa shape index (κ2) is 7.13. The number of fused-ring (bicyclic) bond motifs is 1. The third-order valence-electron chi connectivity index (χ3n) is 4.67. The molecule has 1 aromatic carbocycles. The summed E-state index contributed by atoms with van der Waals surface area (Å²) in [6, 6.07) is 7.70. The minimum atomic E-state index is -0.378. The molecule has 2 heterocycles. The molecule has 1 unspecified atom stereocenters. The number of anilines is 1. The van der Waals surface area contributed by atoms with E-state index in [0.717, 1.165) is 51.1 Å². The zero-order chi connectivity index (χ0) is 16.2. The summed E-state index contributed by atoms with van der Waals surface area (Å²) in [6.45, 7) is 5.09. The van der Waals surface area contributed by atoms with E-state index >= 15 is 0 Å². The minimum absolute atomic E-state index is 0.0429. The highest BCUT2D eigenvalue weighted by molar-refractivity contribution is 5.98. The molecular formula is C18H25N3O2. The average Bonchev–Trinajstić information content (AvgIpc) is 2.58. The molecule has 5 heteroatoms. The molecule has 0 bridgehead atoms. The van der Waals surface area contributed by atoms with Crippen molar-refractivity contribution >= 4 is 17.5 Å². The Morgan fingerprint density at radius 1 is 1.30 bits per heavy atom. The number of amides is 2. The average molecular weight is 315 g/mol. The summed E-state index contributed by atoms with van der Waals surface area (Å²) in [6.07, 6.45) is 3.20. The van der Waals surface area contributed by atoms with E-state index in [1.807, 2.05) is 28.0 Å². The van der Waals surface area contributed by atoms with Gasteiger partial charge in [-0.1, -0.05) is 25.1 Å². The normalized spacial score (nSPS) is 21.3. The Labute approximate surface area is 137 Å². The Balaban J connectivity index is 1.69. The van der Waals surface area contributed by atoms with Crippen molar-refractivity contribution in [2.75, 3.05) is 31.1 Å². The van der Waals surface area contributed by atoms with Gasteiger partial charge in [0.05, 0.1) is 12.5 Å². The fourth-order valence-electron chi connectivity index (χ4n) is 3.52. The zero-order valence-corrected chi connectivity index (χ0v) is 13.8. The minimum Gasteiger partial charge on any atom is -0.340 e. The summed E-state index contributed by atoms with van der Waals surface area (Å²) < 4.78 is 0. The lowest BCUT2D eigenvalue weighted by Crippen LogP contribution is -2.56. The largest absolute Gasteiger partial charge is 0.340 e. The van der Waals surface area contributed by atoms with Crippen molar-refractivity contribution in [1.82, 2.24) is 10.2 Å². The Hall–Kier alpha value is -1.88. The first kappa shape index (κ1) is 16.0. The predicted octanol–water partition coefficient (Wildman–Crippen LogP) is 1.57. The van der Waals surface area contributed by atoms with Gasteiger partial charge in [0.2, 0.25) is 11.8 Å². The van der Waals surface area contributed by atoms with Gasteiger partial charge in [0.1, 0.15) is 0 Å². The van der Waals surface area contributed by atoms with E-state index < -0.39 is 0 Å². The van der Waals surface area contributed by atoms with Gasteiger partial charge in [0, 0.05) is 31.9 Å². The first-order valence-corrected chi connectivity index (χ1v) is 8.61. The second-order valence-electron chi connectivity index (χ2n) is 6.31. The summed E-state index contributed by atoms with van der Waals surface area (Å²) in [5.74, 6) is 0.109. The highest BCUT2D eigenvalue weighted by Crippen LogP contribution is 2.27. The number of rotatable bonds is 4.